The fraction of sp³-hybridized carbons (Fsp3) is 0.857. The molecule has 0 unspecified atom stereocenters. The van der Waals surface area contributed by atoms with Crippen LogP contribution >= 0.6 is 0 Å². The normalized spacial score (nSPS) is 32.3. The van der Waals surface area contributed by atoms with Crippen LogP contribution < -0.4 is 5.32 Å². The van der Waals surface area contributed by atoms with Gasteiger partial charge in [-0.3, -0.25) is 4.79 Å². The average Bonchev–Trinajstić information content (AvgIpc) is 2.26. The first-order valence-corrected chi connectivity index (χ1v) is 7.42. The lowest BCUT2D eigenvalue weighted by molar-refractivity contribution is -0.142. The van der Waals surface area contributed by atoms with E-state index in [4.69, 9.17) is 5.11 Å². The number of carboxylic acid groups (broad SMARTS) is 1. The topological polar surface area (TPSA) is 69.6 Å². The van der Waals surface area contributed by atoms with E-state index in [1.165, 1.54) is 6.42 Å². The first-order chi connectivity index (χ1) is 9.11. The molecule has 1 spiro atoms. The van der Waals surface area contributed by atoms with Crippen LogP contribution in [-0.4, -0.2) is 40.1 Å². The zero-order valence-corrected chi connectivity index (χ0v) is 11.2. The van der Waals surface area contributed by atoms with Gasteiger partial charge in [-0.1, -0.05) is 0 Å². The van der Waals surface area contributed by atoms with Gasteiger partial charge in [0.2, 0.25) is 0 Å². The van der Waals surface area contributed by atoms with Crippen LogP contribution in [0, 0.1) is 5.92 Å². The molecule has 0 aromatic carbocycles. The largest absolute Gasteiger partial charge is 0.481 e. The predicted molar refractivity (Wildman–Crippen MR) is 69.8 cm³/mol. The van der Waals surface area contributed by atoms with E-state index in [1.807, 2.05) is 4.90 Å². The van der Waals surface area contributed by atoms with E-state index in [0.29, 0.717) is 12.8 Å². The molecule has 2 N–H and O–H groups in total. The Morgan fingerprint density at radius 3 is 2.21 bits per heavy atom. The third kappa shape index (κ3) is 2.19. The van der Waals surface area contributed by atoms with Crippen molar-refractivity contribution in [2.24, 2.45) is 5.92 Å². The van der Waals surface area contributed by atoms with Crippen molar-refractivity contribution in [3.63, 3.8) is 0 Å². The van der Waals surface area contributed by atoms with Gasteiger partial charge in [0.05, 0.1) is 5.92 Å². The monoisotopic (exact) mass is 266 g/mol. The standard InChI is InChI=1S/C14H22N2O3/c17-12(18)10-2-4-11(5-3-10)15-13(19)16-9-8-14(16)6-1-7-14/h10-11H,1-9H2,(H,15,19)(H,17,18). The minimum Gasteiger partial charge on any atom is -0.481 e. The highest BCUT2D eigenvalue weighted by Crippen LogP contribution is 2.47. The average molecular weight is 266 g/mol. The number of urea groups is 1. The molecule has 19 heavy (non-hydrogen) atoms. The van der Waals surface area contributed by atoms with E-state index in [0.717, 1.165) is 38.6 Å². The summed E-state index contributed by atoms with van der Waals surface area (Å²) >= 11 is 0. The number of likely N-dealkylation sites (tertiary alicyclic amines) is 1. The quantitative estimate of drug-likeness (QED) is 0.802. The molecule has 2 aliphatic carbocycles. The van der Waals surface area contributed by atoms with Gasteiger partial charge in [0.25, 0.3) is 0 Å². The van der Waals surface area contributed by atoms with Crippen molar-refractivity contribution in [2.45, 2.75) is 62.9 Å². The summed E-state index contributed by atoms with van der Waals surface area (Å²) in [6.07, 6.45) is 7.68. The minimum atomic E-state index is -0.694. The van der Waals surface area contributed by atoms with Crippen LogP contribution in [0.25, 0.3) is 0 Å². The molecule has 1 aliphatic heterocycles. The number of carbonyl (C=O) groups is 2. The second-order valence-corrected chi connectivity index (χ2v) is 6.32. The predicted octanol–water partition coefficient (Wildman–Crippen LogP) is 1.97. The number of nitrogens with one attached hydrogen (secondary N) is 1. The van der Waals surface area contributed by atoms with E-state index >= 15 is 0 Å². The first kappa shape index (κ1) is 12.8. The smallest absolute Gasteiger partial charge is 0.318 e. The van der Waals surface area contributed by atoms with Gasteiger partial charge >= 0.3 is 12.0 Å². The Kier molecular flexibility index (Phi) is 3.15. The maximum atomic E-state index is 12.2. The van der Waals surface area contributed by atoms with E-state index < -0.39 is 5.97 Å². The molecule has 3 aliphatic rings. The molecule has 5 heteroatoms. The Morgan fingerprint density at radius 2 is 1.79 bits per heavy atom. The second kappa shape index (κ2) is 4.69. The summed E-state index contributed by atoms with van der Waals surface area (Å²) in [6.45, 7) is 0.885. The number of amides is 2. The molecule has 0 atom stereocenters. The van der Waals surface area contributed by atoms with Gasteiger partial charge < -0.3 is 15.3 Å². The zero-order valence-electron chi connectivity index (χ0n) is 11.2. The van der Waals surface area contributed by atoms with Gasteiger partial charge in [-0.05, 0) is 51.4 Å². The maximum absolute atomic E-state index is 12.2. The lowest BCUT2D eigenvalue weighted by atomic mass is 9.68. The molecule has 5 nitrogen and oxygen atoms in total. The van der Waals surface area contributed by atoms with Gasteiger partial charge in [-0.2, -0.15) is 0 Å². The molecule has 0 aromatic heterocycles. The van der Waals surface area contributed by atoms with Crippen molar-refractivity contribution < 1.29 is 14.7 Å². The van der Waals surface area contributed by atoms with Crippen LogP contribution in [0.4, 0.5) is 4.79 Å². The van der Waals surface area contributed by atoms with Crippen molar-refractivity contribution in [1.29, 1.82) is 0 Å². The third-order valence-electron chi connectivity index (χ3n) is 5.31. The van der Waals surface area contributed by atoms with E-state index in [9.17, 15) is 9.59 Å². The Bertz CT molecular complexity index is 379. The highest BCUT2D eigenvalue weighted by Gasteiger charge is 2.51. The van der Waals surface area contributed by atoms with Crippen LogP contribution in [-0.2, 0) is 4.79 Å². The lowest BCUT2D eigenvalue weighted by Gasteiger charge is -2.58. The van der Waals surface area contributed by atoms with Crippen LogP contribution in [0.3, 0.4) is 0 Å². The van der Waals surface area contributed by atoms with Gasteiger partial charge in [0.15, 0.2) is 0 Å². The van der Waals surface area contributed by atoms with Crippen molar-refractivity contribution in [3.05, 3.63) is 0 Å². The summed E-state index contributed by atoms with van der Waals surface area (Å²) in [7, 11) is 0. The summed E-state index contributed by atoms with van der Waals surface area (Å²) in [6, 6.07) is 0.241. The Hall–Kier alpha value is -1.26. The van der Waals surface area contributed by atoms with Crippen molar-refractivity contribution in [3.8, 4) is 0 Å². The van der Waals surface area contributed by atoms with E-state index in [-0.39, 0.29) is 23.5 Å². The summed E-state index contributed by atoms with van der Waals surface area (Å²) < 4.78 is 0. The number of aliphatic carboxylic acids is 1. The molecule has 3 fully saturated rings. The van der Waals surface area contributed by atoms with Gasteiger partial charge in [-0.15, -0.1) is 0 Å². The Morgan fingerprint density at radius 1 is 1.11 bits per heavy atom. The van der Waals surface area contributed by atoms with Crippen LogP contribution in [0.1, 0.15) is 51.4 Å². The molecule has 2 amide bonds. The van der Waals surface area contributed by atoms with Crippen molar-refractivity contribution in [2.75, 3.05) is 6.54 Å². The molecule has 1 saturated heterocycles. The number of hydrogen-bond donors (Lipinski definition) is 2. The highest BCUT2D eigenvalue weighted by molar-refractivity contribution is 5.77. The van der Waals surface area contributed by atoms with Gasteiger partial charge in [0, 0.05) is 18.1 Å². The molecule has 0 radical (unpaired) electrons. The van der Waals surface area contributed by atoms with Gasteiger partial charge in [-0.25, -0.2) is 4.79 Å². The number of carboxylic acids is 1. The number of rotatable bonds is 2. The summed E-state index contributed by atoms with van der Waals surface area (Å²) in [5, 5.41) is 12.1. The van der Waals surface area contributed by atoms with Crippen LogP contribution in [0.5, 0.6) is 0 Å². The molecule has 0 aromatic rings. The Balaban J connectivity index is 1.47. The molecule has 0 bridgehead atoms. The highest BCUT2D eigenvalue weighted by atomic mass is 16.4. The van der Waals surface area contributed by atoms with Crippen molar-refractivity contribution in [1.82, 2.24) is 10.2 Å². The third-order valence-corrected chi connectivity index (χ3v) is 5.31. The van der Waals surface area contributed by atoms with Crippen LogP contribution in [0.15, 0.2) is 0 Å². The summed E-state index contributed by atoms with van der Waals surface area (Å²) in [5.74, 6) is -0.906. The zero-order chi connectivity index (χ0) is 13.5. The summed E-state index contributed by atoms with van der Waals surface area (Å²) in [5.41, 5.74) is 0.197. The molecular formula is C14H22N2O3. The summed E-state index contributed by atoms with van der Waals surface area (Å²) in [4.78, 5) is 25.1. The van der Waals surface area contributed by atoms with E-state index in [2.05, 4.69) is 5.32 Å². The fourth-order valence-corrected chi connectivity index (χ4v) is 3.70. The molecule has 2 saturated carbocycles. The number of carbonyl (C=O) groups excluding carboxylic acids is 1. The molecule has 3 rings (SSSR count). The molecule has 106 valence electrons. The lowest BCUT2D eigenvalue weighted by Crippen LogP contribution is -2.68. The van der Waals surface area contributed by atoms with Crippen LogP contribution in [0.2, 0.25) is 0 Å². The molecule has 1 heterocycles. The van der Waals surface area contributed by atoms with Gasteiger partial charge in [0.1, 0.15) is 0 Å². The molecular weight excluding hydrogens is 244 g/mol. The fourth-order valence-electron chi connectivity index (χ4n) is 3.70. The van der Waals surface area contributed by atoms with Crippen molar-refractivity contribution >= 4 is 12.0 Å². The number of nitrogens with zero attached hydrogens (tertiary/aromatic N) is 1. The minimum absolute atomic E-state index is 0.0738. The first-order valence-electron chi connectivity index (χ1n) is 7.42. The second-order valence-electron chi connectivity index (χ2n) is 6.32. The Labute approximate surface area is 113 Å². The van der Waals surface area contributed by atoms with E-state index in [1.54, 1.807) is 0 Å². The maximum Gasteiger partial charge on any atom is 0.318 e. The SMILES string of the molecule is O=C(O)C1CCC(NC(=O)N2CCC23CCC3)CC1. The number of hydrogen-bond acceptors (Lipinski definition) is 2.